The number of para-hydroxylation sites is 2. The second-order valence-electron chi connectivity index (χ2n) is 6.29. The highest BCUT2D eigenvalue weighted by Gasteiger charge is 2.18. The van der Waals surface area contributed by atoms with Crippen LogP contribution in [0.4, 0.5) is 11.4 Å². The number of nitrogens with one attached hydrogen (secondary N) is 1. The van der Waals surface area contributed by atoms with E-state index in [2.05, 4.69) is 15.3 Å². The molecule has 4 rings (SSSR count). The molecule has 6 heteroatoms. The van der Waals surface area contributed by atoms with Crippen LogP contribution < -0.4 is 10.2 Å². The molecular formula is C20H19ClN4O. The number of carbonyl (C=O) groups excluding carboxylic acids is 1. The molecular weight excluding hydrogens is 348 g/mol. The average Bonchev–Trinajstić information content (AvgIpc) is 3.34. The molecule has 0 bridgehead atoms. The highest BCUT2D eigenvalue weighted by molar-refractivity contribution is 6.30. The second-order valence-corrected chi connectivity index (χ2v) is 6.73. The number of hydrogen-bond donors (Lipinski definition) is 1. The molecule has 5 nitrogen and oxygen atoms in total. The van der Waals surface area contributed by atoms with Crippen molar-refractivity contribution >= 4 is 28.9 Å². The molecule has 2 aromatic carbocycles. The van der Waals surface area contributed by atoms with Gasteiger partial charge in [0.1, 0.15) is 0 Å². The van der Waals surface area contributed by atoms with Gasteiger partial charge in [0.05, 0.1) is 17.1 Å². The minimum Gasteiger partial charge on any atom is -0.370 e. The van der Waals surface area contributed by atoms with Gasteiger partial charge in [-0.05, 0) is 49.2 Å². The third-order valence-electron chi connectivity index (χ3n) is 4.49. The van der Waals surface area contributed by atoms with Gasteiger partial charge in [-0.1, -0.05) is 29.8 Å². The van der Waals surface area contributed by atoms with Crippen LogP contribution in [0.25, 0.3) is 5.69 Å². The van der Waals surface area contributed by atoms with Crippen LogP contribution in [-0.4, -0.2) is 28.8 Å². The lowest BCUT2D eigenvalue weighted by Crippen LogP contribution is -2.21. The Balaban J connectivity index is 1.54. The van der Waals surface area contributed by atoms with E-state index in [0.29, 0.717) is 10.7 Å². The molecule has 1 aliphatic heterocycles. The Labute approximate surface area is 157 Å². The minimum atomic E-state index is -0.225. The summed E-state index contributed by atoms with van der Waals surface area (Å²) in [4.78, 5) is 15.0. The molecule has 1 N–H and O–H groups in total. The van der Waals surface area contributed by atoms with Crippen molar-refractivity contribution < 1.29 is 4.79 Å². The van der Waals surface area contributed by atoms with E-state index in [9.17, 15) is 4.79 Å². The molecule has 1 aromatic heterocycles. The number of benzene rings is 2. The molecule has 26 heavy (non-hydrogen) atoms. The first-order chi connectivity index (χ1) is 12.7. The molecule has 3 aromatic rings. The lowest BCUT2D eigenvalue weighted by atomic mass is 10.2. The molecule has 1 aliphatic rings. The van der Waals surface area contributed by atoms with Crippen molar-refractivity contribution in [1.82, 2.24) is 9.78 Å². The van der Waals surface area contributed by atoms with E-state index in [4.69, 9.17) is 11.6 Å². The summed E-state index contributed by atoms with van der Waals surface area (Å²) in [5.74, 6) is -0.225. The first kappa shape index (κ1) is 16.7. The van der Waals surface area contributed by atoms with Crippen LogP contribution in [0.1, 0.15) is 23.3 Å². The highest BCUT2D eigenvalue weighted by Crippen LogP contribution is 2.29. The fraction of sp³-hybridized carbons (Fsp3) is 0.200. The van der Waals surface area contributed by atoms with Crippen LogP contribution in [-0.2, 0) is 0 Å². The van der Waals surface area contributed by atoms with Crippen molar-refractivity contribution in [1.29, 1.82) is 0 Å². The van der Waals surface area contributed by atoms with Gasteiger partial charge >= 0.3 is 0 Å². The zero-order chi connectivity index (χ0) is 17.9. The molecule has 2 heterocycles. The van der Waals surface area contributed by atoms with Gasteiger partial charge in [-0.25, -0.2) is 4.68 Å². The number of halogens is 1. The summed E-state index contributed by atoms with van der Waals surface area (Å²) >= 11 is 6.03. The van der Waals surface area contributed by atoms with E-state index < -0.39 is 0 Å². The predicted octanol–water partition coefficient (Wildman–Crippen LogP) is 4.38. The zero-order valence-electron chi connectivity index (χ0n) is 14.2. The molecule has 0 unspecified atom stereocenters. The Morgan fingerprint density at radius 3 is 2.65 bits per heavy atom. The second kappa shape index (κ2) is 7.22. The Hall–Kier alpha value is -2.79. The summed E-state index contributed by atoms with van der Waals surface area (Å²) in [6.45, 7) is 2.05. The Bertz CT molecular complexity index is 931. The van der Waals surface area contributed by atoms with Gasteiger partial charge in [0.2, 0.25) is 0 Å². The van der Waals surface area contributed by atoms with E-state index in [1.54, 1.807) is 29.1 Å². The summed E-state index contributed by atoms with van der Waals surface area (Å²) in [6.07, 6.45) is 4.13. The van der Waals surface area contributed by atoms with Crippen molar-refractivity contribution in [2.45, 2.75) is 12.8 Å². The van der Waals surface area contributed by atoms with Crippen LogP contribution >= 0.6 is 11.6 Å². The molecule has 0 atom stereocenters. The third kappa shape index (κ3) is 3.44. The van der Waals surface area contributed by atoms with Gasteiger partial charge in [-0.2, -0.15) is 5.10 Å². The predicted molar refractivity (Wildman–Crippen MR) is 104 cm³/mol. The van der Waals surface area contributed by atoms with Gasteiger partial charge in [-0.3, -0.25) is 4.79 Å². The van der Waals surface area contributed by atoms with Crippen LogP contribution in [0.15, 0.2) is 60.8 Å². The maximum Gasteiger partial charge on any atom is 0.276 e. The normalized spacial score (nSPS) is 13.8. The summed E-state index contributed by atoms with van der Waals surface area (Å²) in [6, 6.07) is 17.0. The minimum absolute atomic E-state index is 0.225. The van der Waals surface area contributed by atoms with E-state index in [1.165, 1.54) is 12.8 Å². The topological polar surface area (TPSA) is 50.2 Å². The lowest BCUT2D eigenvalue weighted by molar-refractivity contribution is 0.102. The van der Waals surface area contributed by atoms with Crippen LogP contribution in [0.3, 0.4) is 0 Å². The largest absolute Gasteiger partial charge is 0.370 e. The smallest absolute Gasteiger partial charge is 0.276 e. The van der Waals surface area contributed by atoms with Crippen LogP contribution in [0, 0.1) is 0 Å². The number of anilines is 2. The molecule has 0 spiro atoms. The monoisotopic (exact) mass is 366 g/mol. The molecule has 0 aliphatic carbocycles. The fourth-order valence-electron chi connectivity index (χ4n) is 3.21. The summed E-state index contributed by atoms with van der Waals surface area (Å²) in [5.41, 5.74) is 3.06. The van der Waals surface area contributed by atoms with E-state index >= 15 is 0 Å². The zero-order valence-corrected chi connectivity index (χ0v) is 15.0. The molecule has 1 amide bonds. The summed E-state index contributed by atoms with van der Waals surface area (Å²) in [7, 11) is 0. The number of aromatic nitrogens is 2. The number of hydrogen-bond acceptors (Lipinski definition) is 3. The molecule has 0 radical (unpaired) electrons. The van der Waals surface area contributed by atoms with Gasteiger partial charge in [-0.15, -0.1) is 0 Å². The first-order valence-electron chi connectivity index (χ1n) is 8.68. The van der Waals surface area contributed by atoms with Crippen molar-refractivity contribution in [2.24, 2.45) is 0 Å². The molecule has 1 fully saturated rings. The highest BCUT2D eigenvalue weighted by atomic mass is 35.5. The van der Waals surface area contributed by atoms with Crippen molar-refractivity contribution in [2.75, 3.05) is 23.3 Å². The lowest BCUT2D eigenvalue weighted by Gasteiger charge is -2.21. The number of rotatable bonds is 4. The number of amides is 1. The Morgan fingerprint density at radius 1 is 1.04 bits per heavy atom. The Morgan fingerprint density at radius 2 is 1.85 bits per heavy atom. The first-order valence-corrected chi connectivity index (χ1v) is 9.05. The molecule has 1 saturated heterocycles. The van der Waals surface area contributed by atoms with E-state index in [1.807, 2.05) is 36.4 Å². The number of carbonyl (C=O) groups is 1. The summed E-state index contributed by atoms with van der Waals surface area (Å²) in [5, 5.41) is 8.00. The van der Waals surface area contributed by atoms with Gasteiger partial charge in [0.15, 0.2) is 5.69 Å². The maximum absolute atomic E-state index is 12.7. The van der Waals surface area contributed by atoms with Crippen LogP contribution in [0.5, 0.6) is 0 Å². The fourth-order valence-corrected chi connectivity index (χ4v) is 3.39. The van der Waals surface area contributed by atoms with E-state index in [0.717, 1.165) is 30.2 Å². The quantitative estimate of drug-likeness (QED) is 0.745. The average molecular weight is 367 g/mol. The van der Waals surface area contributed by atoms with E-state index in [-0.39, 0.29) is 5.91 Å². The van der Waals surface area contributed by atoms with Gasteiger partial charge in [0, 0.05) is 24.3 Å². The van der Waals surface area contributed by atoms with Gasteiger partial charge in [0.25, 0.3) is 5.91 Å². The third-order valence-corrected chi connectivity index (χ3v) is 4.73. The molecule has 0 saturated carbocycles. The number of nitrogens with zero attached hydrogens (tertiary/aromatic N) is 3. The SMILES string of the molecule is O=C(Nc1ccccc1N1CCCC1)c1ccn(-c2cccc(Cl)c2)n1. The Kier molecular flexibility index (Phi) is 4.63. The summed E-state index contributed by atoms with van der Waals surface area (Å²) < 4.78 is 1.65. The van der Waals surface area contributed by atoms with Crippen LogP contribution in [0.2, 0.25) is 5.02 Å². The standard InChI is InChI=1S/C20H19ClN4O/c21-15-6-5-7-16(14-15)25-13-10-18(23-25)20(26)22-17-8-1-2-9-19(17)24-11-3-4-12-24/h1-2,5-10,13-14H,3-4,11-12H2,(H,22,26). The molecule has 132 valence electrons. The van der Waals surface area contributed by atoms with Crippen molar-refractivity contribution in [3.8, 4) is 5.69 Å². The maximum atomic E-state index is 12.7. The van der Waals surface area contributed by atoms with Gasteiger partial charge < -0.3 is 10.2 Å². The van der Waals surface area contributed by atoms with Crippen molar-refractivity contribution in [3.63, 3.8) is 0 Å². The van der Waals surface area contributed by atoms with Crippen molar-refractivity contribution in [3.05, 3.63) is 71.5 Å².